The maximum absolute atomic E-state index is 13.0. The third kappa shape index (κ3) is 5.50. The number of nitrogens with zero attached hydrogens (tertiary/aromatic N) is 2. The second-order valence-electron chi connectivity index (χ2n) is 8.02. The summed E-state index contributed by atoms with van der Waals surface area (Å²) in [6.45, 7) is 3.54. The Morgan fingerprint density at radius 1 is 0.914 bits per heavy atom. The van der Waals surface area contributed by atoms with Crippen molar-refractivity contribution in [3.8, 4) is 5.69 Å². The monoisotopic (exact) mass is 470 g/mol. The summed E-state index contributed by atoms with van der Waals surface area (Å²) in [6, 6.07) is 22.4. The number of benzene rings is 3. The first-order valence-corrected chi connectivity index (χ1v) is 11.0. The number of amides is 2. The molecule has 1 aromatic heterocycles. The Bertz CT molecular complexity index is 1420. The van der Waals surface area contributed by atoms with Gasteiger partial charge in [-0.05, 0) is 67.9 Å². The van der Waals surface area contributed by atoms with Crippen LogP contribution in [-0.4, -0.2) is 21.6 Å². The molecule has 4 rings (SSSR count). The number of hydrogen-bond donors (Lipinski definition) is 2. The summed E-state index contributed by atoms with van der Waals surface area (Å²) < 4.78 is 14.6. The fourth-order valence-corrected chi connectivity index (χ4v) is 3.54. The average Bonchev–Trinajstić information content (AvgIpc) is 2.85. The van der Waals surface area contributed by atoms with Gasteiger partial charge < -0.3 is 10.6 Å². The van der Waals surface area contributed by atoms with Crippen molar-refractivity contribution >= 4 is 17.5 Å². The molecule has 1 unspecified atom stereocenters. The average molecular weight is 471 g/mol. The van der Waals surface area contributed by atoms with E-state index in [0.717, 1.165) is 11.3 Å². The zero-order valence-corrected chi connectivity index (χ0v) is 19.2. The predicted octanol–water partition coefficient (Wildman–Crippen LogP) is 4.42. The maximum atomic E-state index is 13.0. The number of aryl methyl sites for hydroxylation is 1. The molecular formula is C27H23FN4O3. The molecule has 0 fully saturated rings. The molecule has 8 heteroatoms. The van der Waals surface area contributed by atoms with Gasteiger partial charge in [-0.3, -0.25) is 14.4 Å². The summed E-state index contributed by atoms with van der Waals surface area (Å²) in [6.07, 6.45) is 0. The Morgan fingerprint density at radius 3 is 2.23 bits per heavy atom. The summed E-state index contributed by atoms with van der Waals surface area (Å²) in [7, 11) is 0. The fraction of sp³-hybridized carbons (Fsp3) is 0.111. The Balaban J connectivity index is 1.45. The van der Waals surface area contributed by atoms with Crippen LogP contribution >= 0.6 is 0 Å². The first-order valence-electron chi connectivity index (χ1n) is 11.0. The van der Waals surface area contributed by atoms with Crippen LogP contribution in [0, 0.1) is 12.7 Å². The third-order valence-corrected chi connectivity index (χ3v) is 5.45. The molecule has 7 nitrogen and oxygen atoms in total. The van der Waals surface area contributed by atoms with Crippen molar-refractivity contribution in [2.24, 2.45) is 0 Å². The van der Waals surface area contributed by atoms with E-state index in [0.29, 0.717) is 16.9 Å². The molecule has 4 aromatic rings. The van der Waals surface area contributed by atoms with E-state index in [1.54, 1.807) is 42.8 Å². The topological polar surface area (TPSA) is 93.1 Å². The van der Waals surface area contributed by atoms with E-state index in [9.17, 15) is 18.8 Å². The molecule has 1 atom stereocenters. The first kappa shape index (κ1) is 23.6. The Labute approximate surface area is 201 Å². The fourth-order valence-electron chi connectivity index (χ4n) is 3.54. The summed E-state index contributed by atoms with van der Waals surface area (Å²) in [4.78, 5) is 37.6. The van der Waals surface area contributed by atoms with Gasteiger partial charge in [-0.25, -0.2) is 9.07 Å². The van der Waals surface area contributed by atoms with E-state index < -0.39 is 23.2 Å². The number of carbonyl (C=O) groups is 2. The minimum atomic E-state index is -0.583. The Kier molecular flexibility index (Phi) is 6.82. The Morgan fingerprint density at radius 2 is 1.57 bits per heavy atom. The molecule has 0 aliphatic heterocycles. The molecule has 0 saturated carbocycles. The second-order valence-corrected chi connectivity index (χ2v) is 8.02. The van der Waals surface area contributed by atoms with Crippen LogP contribution in [0.2, 0.25) is 0 Å². The molecule has 3 aromatic carbocycles. The minimum Gasteiger partial charge on any atom is -0.344 e. The van der Waals surface area contributed by atoms with Crippen LogP contribution in [0.5, 0.6) is 0 Å². The van der Waals surface area contributed by atoms with Crippen LogP contribution in [0.3, 0.4) is 0 Å². The lowest BCUT2D eigenvalue weighted by Crippen LogP contribution is -2.33. The first-order chi connectivity index (χ1) is 16.8. The van der Waals surface area contributed by atoms with E-state index in [1.807, 2.05) is 30.3 Å². The number of rotatable bonds is 6. The van der Waals surface area contributed by atoms with E-state index in [-0.39, 0.29) is 11.6 Å². The molecule has 35 heavy (non-hydrogen) atoms. The van der Waals surface area contributed by atoms with Crippen molar-refractivity contribution in [2.75, 3.05) is 5.32 Å². The zero-order valence-electron chi connectivity index (χ0n) is 19.2. The standard InChI is InChI=1S/C27H23FN4O3/c1-17-16-24(33)25(31-32(17)23-6-4-3-5-7-23)27(35)29-18(2)19-10-14-22(15-11-19)30-26(34)20-8-12-21(28)13-9-20/h3-16,18H,1-2H3,(H,29,35)(H,30,34). The van der Waals surface area contributed by atoms with Crippen LogP contribution in [0.15, 0.2) is 89.7 Å². The largest absolute Gasteiger partial charge is 0.344 e. The summed E-state index contributed by atoms with van der Waals surface area (Å²) in [5, 5.41) is 9.84. The number of hydrogen-bond acceptors (Lipinski definition) is 4. The predicted molar refractivity (Wildman–Crippen MR) is 131 cm³/mol. The van der Waals surface area contributed by atoms with Gasteiger partial charge in [0.25, 0.3) is 11.8 Å². The molecular weight excluding hydrogens is 447 g/mol. The van der Waals surface area contributed by atoms with Crippen molar-refractivity contribution in [1.82, 2.24) is 15.1 Å². The normalized spacial score (nSPS) is 11.5. The highest BCUT2D eigenvalue weighted by Crippen LogP contribution is 2.17. The quantitative estimate of drug-likeness (QED) is 0.436. The number of anilines is 1. The van der Waals surface area contributed by atoms with Crippen LogP contribution < -0.4 is 16.1 Å². The molecule has 2 amide bonds. The molecule has 0 aliphatic rings. The van der Waals surface area contributed by atoms with Gasteiger partial charge >= 0.3 is 0 Å². The van der Waals surface area contributed by atoms with Gasteiger partial charge in [-0.15, -0.1) is 0 Å². The lowest BCUT2D eigenvalue weighted by molar-refractivity contribution is 0.0931. The van der Waals surface area contributed by atoms with Crippen molar-refractivity contribution < 1.29 is 14.0 Å². The number of aromatic nitrogens is 2. The number of halogens is 1. The van der Waals surface area contributed by atoms with Gasteiger partial charge in [0.1, 0.15) is 5.82 Å². The highest BCUT2D eigenvalue weighted by atomic mass is 19.1. The molecule has 0 aliphatic carbocycles. The van der Waals surface area contributed by atoms with Crippen molar-refractivity contribution in [3.05, 3.63) is 123 Å². The minimum absolute atomic E-state index is 0.200. The summed E-state index contributed by atoms with van der Waals surface area (Å²) in [5.41, 5.74) is 2.35. The van der Waals surface area contributed by atoms with Crippen LogP contribution in [0.1, 0.15) is 45.1 Å². The van der Waals surface area contributed by atoms with Crippen LogP contribution in [0.25, 0.3) is 5.69 Å². The number of nitrogens with one attached hydrogen (secondary N) is 2. The molecule has 0 bridgehead atoms. The van der Waals surface area contributed by atoms with E-state index in [2.05, 4.69) is 15.7 Å². The zero-order chi connectivity index (χ0) is 24.9. The van der Waals surface area contributed by atoms with E-state index >= 15 is 0 Å². The lowest BCUT2D eigenvalue weighted by Gasteiger charge is -2.16. The molecule has 1 heterocycles. The number of para-hydroxylation sites is 1. The van der Waals surface area contributed by atoms with Crippen LogP contribution in [0.4, 0.5) is 10.1 Å². The molecule has 0 spiro atoms. The third-order valence-electron chi connectivity index (χ3n) is 5.45. The smallest absolute Gasteiger partial charge is 0.276 e. The lowest BCUT2D eigenvalue weighted by atomic mass is 10.1. The highest BCUT2D eigenvalue weighted by Gasteiger charge is 2.18. The molecule has 2 N–H and O–H groups in total. The summed E-state index contributed by atoms with van der Waals surface area (Å²) >= 11 is 0. The van der Waals surface area contributed by atoms with Crippen molar-refractivity contribution in [1.29, 1.82) is 0 Å². The van der Waals surface area contributed by atoms with Gasteiger partial charge in [0, 0.05) is 23.0 Å². The summed E-state index contributed by atoms with van der Waals surface area (Å²) in [5.74, 6) is -1.36. The molecule has 0 radical (unpaired) electrons. The van der Waals surface area contributed by atoms with Crippen molar-refractivity contribution in [3.63, 3.8) is 0 Å². The van der Waals surface area contributed by atoms with Gasteiger partial charge in [0.2, 0.25) is 5.43 Å². The second kappa shape index (κ2) is 10.1. The molecule has 176 valence electrons. The Hall–Kier alpha value is -4.59. The van der Waals surface area contributed by atoms with Crippen LogP contribution in [-0.2, 0) is 0 Å². The highest BCUT2D eigenvalue weighted by molar-refractivity contribution is 6.04. The van der Waals surface area contributed by atoms with Gasteiger partial charge in [0.05, 0.1) is 11.7 Å². The van der Waals surface area contributed by atoms with E-state index in [1.165, 1.54) is 30.3 Å². The molecule has 0 saturated heterocycles. The van der Waals surface area contributed by atoms with Gasteiger partial charge in [-0.1, -0.05) is 30.3 Å². The van der Waals surface area contributed by atoms with Crippen molar-refractivity contribution in [2.45, 2.75) is 19.9 Å². The number of carbonyl (C=O) groups excluding carboxylic acids is 2. The van der Waals surface area contributed by atoms with Gasteiger partial charge in [-0.2, -0.15) is 5.10 Å². The van der Waals surface area contributed by atoms with Gasteiger partial charge in [0.15, 0.2) is 5.69 Å². The SMILES string of the molecule is Cc1cc(=O)c(C(=O)NC(C)c2ccc(NC(=O)c3ccc(F)cc3)cc2)nn1-c1ccccc1. The van der Waals surface area contributed by atoms with E-state index in [4.69, 9.17) is 0 Å². The maximum Gasteiger partial charge on any atom is 0.276 e.